The molecule has 1 N–H and O–H groups in total. The minimum Gasteiger partial charge on any atom is -0.481 e. The Morgan fingerprint density at radius 3 is 2.17 bits per heavy atom. The van der Waals surface area contributed by atoms with Crippen molar-refractivity contribution < 1.29 is 14.7 Å². The number of carbonyl (C=O) groups is 2. The van der Waals surface area contributed by atoms with Crippen molar-refractivity contribution >= 4 is 11.9 Å². The maximum atomic E-state index is 12.0. The van der Waals surface area contributed by atoms with Gasteiger partial charge in [0.15, 0.2) is 0 Å². The maximum Gasteiger partial charge on any atom is 0.303 e. The first kappa shape index (κ1) is 16.9. The molecule has 18 heavy (non-hydrogen) atoms. The summed E-state index contributed by atoms with van der Waals surface area (Å²) < 4.78 is 0. The van der Waals surface area contributed by atoms with Gasteiger partial charge in [0.05, 0.1) is 0 Å². The molecule has 106 valence electrons. The second-order valence-corrected chi connectivity index (χ2v) is 5.28. The smallest absolute Gasteiger partial charge is 0.303 e. The average molecular weight is 258 g/mol. The summed E-state index contributed by atoms with van der Waals surface area (Å²) in [6.45, 7) is 6.43. The Morgan fingerprint density at radius 1 is 1.11 bits per heavy atom. The fourth-order valence-corrected chi connectivity index (χ4v) is 1.63. The van der Waals surface area contributed by atoms with Crippen LogP contribution in [0.1, 0.15) is 33.1 Å². The van der Waals surface area contributed by atoms with Crippen LogP contribution < -0.4 is 0 Å². The second kappa shape index (κ2) is 8.91. The van der Waals surface area contributed by atoms with Crippen LogP contribution in [-0.4, -0.2) is 60.5 Å². The number of hydrogen-bond donors (Lipinski definition) is 1. The van der Waals surface area contributed by atoms with Crippen molar-refractivity contribution in [2.24, 2.45) is 5.92 Å². The van der Waals surface area contributed by atoms with Crippen LogP contribution in [-0.2, 0) is 9.59 Å². The van der Waals surface area contributed by atoms with Crippen LogP contribution in [0.2, 0.25) is 0 Å². The third-order valence-corrected chi connectivity index (χ3v) is 2.54. The third-order valence-electron chi connectivity index (χ3n) is 2.54. The van der Waals surface area contributed by atoms with E-state index < -0.39 is 5.97 Å². The van der Waals surface area contributed by atoms with Crippen LogP contribution in [0.15, 0.2) is 0 Å². The van der Waals surface area contributed by atoms with E-state index in [1.165, 1.54) is 0 Å². The van der Waals surface area contributed by atoms with E-state index in [0.717, 1.165) is 13.1 Å². The van der Waals surface area contributed by atoms with Crippen molar-refractivity contribution in [2.75, 3.05) is 33.7 Å². The largest absolute Gasteiger partial charge is 0.481 e. The first-order valence-corrected chi connectivity index (χ1v) is 6.47. The second-order valence-electron chi connectivity index (χ2n) is 5.28. The first-order chi connectivity index (χ1) is 8.32. The van der Waals surface area contributed by atoms with Gasteiger partial charge < -0.3 is 14.9 Å². The molecule has 0 radical (unpaired) electrons. The molecule has 0 aromatic carbocycles. The monoisotopic (exact) mass is 258 g/mol. The van der Waals surface area contributed by atoms with Crippen molar-refractivity contribution in [3.05, 3.63) is 0 Å². The molecule has 0 atom stereocenters. The zero-order valence-corrected chi connectivity index (χ0v) is 12.0. The van der Waals surface area contributed by atoms with Gasteiger partial charge in [0.2, 0.25) is 5.91 Å². The summed E-state index contributed by atoms with van der Waals surface area (Å²) in [5.74, 6) is -0.353. The number of amides is 1. The molecule has 0 aliphatic rings. The van der Waals surface area contributed by atoms with Gasteiger partial charge in [-0.3, -0.25) is 9.59 Å². The molecule has 0 saturated carbocycles. The normalized spacial score (nSPS) is 11.0. The van der Waals surface area contributed by atoms with Crippen molar-refractivity contribution in [3.63, 3.8) is 0 Å². The van der Waals surface area contributed by atoms with Gasteiger partial charge in [-0.25, -0.2) is 0 Å². The molecular formula is C13H26N2O3. The van der Waals surface area contributed by atoms with E-state index in [9.17, 15) is 9.59 Å². The van der Waals surface area contributed by atoms with Crippen LogP contribution in [0.3, 0.4) is 0 Å². The summed E-state index contributed by atoms with van der Waals surface area (Å²) >= 11 is 0. The molecule has 5 heteroatoms. The number of carboxylic acids is 1. The van der Waals surface area contributed by atoms with E-state index in [4.69, 9.17) is 5.11 Å². The van der Waals surface area contributed by atoms with E-state index in [-0.39, 0.29) is 12.3 Å². The lowest BCUT2D eigenvalue weighted by Crippen LogP contribution is -2.38. The molecule has 0 rings (SSSR count). The fraction of sp³-hybridized carbons (Fsp3) is 0.846. The predicted molar refractivity (Wildman–Crippen MR) is 71.5 cm³/mol. The summed E-state index contributed by atoms with van der Waals surface area (Å²) in [6.07, 6.45) is 0.812. The van der Waals surface area contributed by atoms with Gasteiger partial charge in [-0.2, -0.15) is 0 Å². The van der Waals surface area contributed by atoms with Crippen LogP contribution >= 0.6 is 0 Å². The predicted octanol–water partition coefficient (Wildman–Crippen LogP) is 1.29. The molecule has 0 fully saturated rings. The zero-order valence-electron chi connectivity index (χ0n) is 12.0. The van der Waals surface area contributed by atoms with Crippen LogP contribution in [0.25, 0.3) is 0 Å². The van der Waals surface area contributed by atoms with Crippen LogP contribution in [0.5, 0.6) is 0 Å². The molecule has 0 aromatic heterocycles. The SMILES string of the molecule is CC(C)CN(CCN(C)C)C(=O)CCCC(=O)O. The van der Waals surface area contributed by atoms with Crippen molar-refractivity contribution in [1.82, 2.24) is 9.80 Å². The van der Waals surface area contributed by atoms with Crippen LogP contribution in [0.4, 0.5) is 0 Å². The molecule has 1 amide bonds. The minimum absolute atomic E-state index is 0.0619. The quantitative estimate of drug-likeness (QED) is 0.677. The zero-order chi connectivity index (χ0) is 14.1. The summed E-state index contributed by atoms with van der Waals surface area (Å²) in [7, 11) is 3.95. The Morgan fingerprint density at radius 2 is 1.72 bits per heavy atom. The first-order valence-electron chi connectivity index (χ1n) is 6.47. The molecule has 0 saturated heterocycles. The summed E-state index contributed by atoms with van der Waals surface area (Å²) in [5.41, 5.74) is 0. The lowest BCUT2D eigenvalue weighted by Gasteiger charge is -2.26. The highest BCUT2D eigenvalue weighted by Crippen LogP contribution is 2.05. The molecule has 0 aromatic rings. The van der Waals surface area contributed by atoms with Gasteiger partial charge in [-0.1, -0.05) is 13.8 Å². The Labute approximate surface area is 110 Å². The number of rotatable bonds is 9. The molecule has 0 aliphatic heterocycles. The van der Waals surface area contributed by atoms with E-state index >= 15 is 0 Å². The standard InChI is InChI=1S/C13H26N2O3/c1-11(2)10-15(9-8-14(3)4)12(16)6-5-7-13(17)18/h11H,5-10H2,1-4H3,(H,17,18). The van der Waals surface area contributed by atoms with Crippen molar-refractivity contribution in [1.29, 1.82) is 0 Å². The van der Waals surface area contributed by atoms with Crippen LogP contribution in [0, 0.1) is 5.92 Å². The van der Waals surface area contributed by atoms with E-state index in [2.05, 4.69) is 13.8 Å². The number of hydrogen-bond acceptors (Lipinski definition) is 3. The van der Waals surface area contributed by atoms with Gasteiger partial charge in [-0.05, 0) is 26.4 Å². The number of nitrogens with zero attached hydrogens (tertiary/aromatic N) is 2. The van der Waals surface area contributed by atoms with Gasteiger partial charge >= 0.3 is 5.97 Å². The van der Waals surface area contributed by atoms with Gasteiger partial charge in [0, 0.05) is 32.5 Å². The number of carbonyl (C=O) groups excluding carboxylic acids is 1. The third kappa shape index (κ3) is 8.98. The highest BCUT2D eigenvalue weighted by atomic mass is 16.4. The summed E-state index contributed by atoms with van der Waals surface area (Å²) in [6, 6.07) is 0. The molecular weight excluding hydrogens is 232 g/mol. The Bertz CT molecular complexity index is 265. The molecule has 0 spiro atoms. The maximum absolute atomic E-state index is 12.0. The average Bonchev–Trinajstić information content (AvgIpc) is 2.22. The number of likely N-dealkylation sites (N-methyl/N-ethyl adjacent to an activating group) is 1. The molecule has 0 bridgehead atoms. The molecule has 5 nitrogen and oxygen atoms in total. The highest BCUT2D eigenvalue weighted by Gasteiger charge is 2.15. The van der Waals surface area contributed by atoms with Crippen molar-refractivity contribution in [2.45, 2.75) is 33.1 Å². The van der Waals surface area contributed by atoms with Gasteiger partial charge in [0.1, 0.15) is 0 Å². The number of aliphatic carboxylic acids is 1. The van der Waals surface area contributed by atoms with Crippen molar-refractivity contribution in [3.8, 4) is 0 Å². The topological polar surface area (TPSA) is 60.9 Å². The lowest BCUT2D eigenvalue weighted by molar-refractivity contribution is -0.137. The Balaban J connectivity index is 4.17. The number of carboxylic acid groups (broad SMARTS) is 1. The Kier molecular flexibility index (Phi) is 8.37. The Hall–Kier alpha value is -1.10. The lowest BCUT2D eigenvalue weighted by atomic mass is 10.1. The van der Waals surface area contributed by atoms with E-state index in [1.807, 2.05) is 23.9 Å². The fourth-order valence-electron chi connectivity index (χ4n) is 1.63. The molecule has 0 unspecified atom stereocenters. The summed E-state index contributed by atoms with van der Waals surface area (Å²) in [4.78, 5) is 26.3. The minimum atomic E-state index is -0.841. The van der Waals surface area contributed by atoms with E-state index in [1.54, 1.807) is 0 Å². The molecule has 0 heterocycles. The van der Waals surface area contributed by atoms with Gasteiger partial charge in [0.25, 0.3) is 0 Å². The molecule has 0 aliphatic carbocycles. The van der Waals surface area contributed by atoms with E-state index in [0.29, 0.717) is 25.3 Å². The van der Waals surface area contributed by atoms with Gasteiger partial charge in [-0.15, -0.1) is 0 Å². The highest BCUT2D eigenvalue weighted by molar-refractivity contribution is 5.77. The summed E-state index contributed by atoms with van der Waals surface area (Å²) in [5, 5.41) is 8.55.